The zero-order chi connectivity index (χ0) is 14.5. The number of hydrogen-bond donors (Lipinski definition) is 1. The van der Waals surface area contributed by atoms with Crippen molar-refractivity contribution >= 4 is 11.8 Å². The molecule has 0 atom stereocenters. The van der Waals surface area contributed by atoms with Gasteiger partial charge >= 0.3 is 12.1 Å². The Morgan fingerprint density at radius 1 is 1.16 bits per heavy atom. The Kier molecular flexibility index (Phi) is 4.91. The lowest BCUT2D eigenvalue weighted by Crippen LogP contribution is -2.42. The maximum atomic E-state index is 12.4. The highest BCUT2D eigenvalue weighted by molar-refractivity contribution is 5.82. The van der Waals surface area contributed by atoms with Gasteiger partial charge in [0.2, 0.25) is 5.91 Å². The van der Waals surface area contributed by atoms with Gasteiger partial charge in [-0.2, -0.15) is 13.2 Å². The zero-order valence-electron chi connectivity index (χ0n) is 9.98. The molecular formula is C12H13F3N2O2. The van der Waals surface area contributed by atoms with E-state index in [2.05, 4.69) is 0 Å². The van der Waals surface area contributed by atoms with Crippen LogP contribution in [-0.4, -0.2) is 29.4 Å². The quantitative estimate of drug-likeness (QED) is 0.883. The maximum Gasteiger partial charge on any atom is 0.471 e. The van der Waals surface area contributed by atoms with Gasteiger partial charge in [-0.05, 0) is 5.56 Å². The Bertz CT molecular complexity index is 446. The van der Waals surface area contributed by atoms with Crippen LogP contribution in [0.4, 0.5) is 13.2 Å². The van der Waals surface area contributed by atoms with Gasteiger partial charge in [0, 0.05) is 19.5 Å². The third kappa shape index (κ3) is 4.99. The summed E-state index contributed by atoms with van der Waals surface area (Å²) in [6, 6.07) is 8.21. The summed E-state index contributed by atoms with van der Waals surface area (Å²) in [5.41, 5.74) is 5.43. The molecule has 19 heavy (non-hydrogen) atoms. The molecule has 0 fully saturated rings. The monoisotopic (exact) mass is 274 g/mol. The van der Waals surface area contributed by atoms with Gasteiger partial charge in [-0.15, -0.1) is 0 Å². The van der Waals surface area contributed by atoms with Crippen molar-refractivity contribution in [3.05, 3.63) is 35.9 Å². The molecular weight excluding hydrogens is 261 g/mol. The first-order valence-corrected chi connectivity index (χ1v) is 5.49. The van der Waals surface area contributed by atoms with Gasteiger partial charge < -0.3 is 10.6 Å². The molecule has 0 aliphatic carbocycles. The Morgan fingerprint density at radius 2 is 1.74 bits per heavy atom. The second kappa shape index (κ2) is 6.21. The molecule has 2 N–H and O–H groups in total. The highest BCUT2D eigenvalue weighted by atomic mass is 19.4. The molecule has 0 radical (unpaired) electrons. The molecule has 0 unspecified atom stereocenters. The van der Waals surface area contributed by atoms with Crippen LogP contribution in [0.5, 0.6) is 0 Å². The topological polar surface area (TPSA) is 63.4 Å². The first-order chi connectivity index (χ1) is 8.80. The second-order valence-corrected chi connectivity index (χ2v) is 3.93. The molecule has 0 saturated heterocycles. The number of primary amides is 1. The van der Waals surface area contributed by atoms with Crippen LogP contribution < -0.4 is 5.73 Å². The van der Waals surface area contributed by atoms with Gasteiger partial charge in [0.1, 0.15) is 0 Å². The summed E-state index contributed by atoms with van der Waals surface area (Å²) >= 11 is 0. The van der Waals surface area contributed by atoms with Crippen LogP contribution in [0.15, 0.2) is 30.3 Å². The van der Waals surface area contributed by atoms with Crippen molar-refractivity contribution in [3.8, 4) is 0 Å². The Hall–Kier alpha value is -2.05. The highest BCUT2D eigenvalue weighted by Crippen LogP contribution is 2.20. The lowest BCUT2D eigenvalue weighted by atomic mass is 10.2. The number of nitrogens with zero attached hydrogens (tertiary/aromatic N) is 1. The average molecular weight is 274 g/mol. The zero-order valence-corrected chi connectivity index (χ0v) is 9.98. The molecule has 0 spiro atoms. The number of alkyl halides is 3. The average Bonchev–Trinajstić information content (AvgIpc) is 2.33. The molecule has 1 aromatic carbocycles. The van der Waals surface area contributed by atoms with Crippen molar-refractivity contribution in [2.45, 2.75) is 19.1 Å². The number of nitrogens with two attached hydrogens (primary N) is 1. The minimum absolute atomic E-state index is 0.216. The summed E-state index contributed by atoms with van der Waals surface area (Å²) < 4.78 is 37.3. The summed E-state index contributed by atoms with van der Waals surface area (Å²) in [5, 5.41) is 0. The third-order valence-electron chi connectivity index (χ3n) is 2.37. The van der Waals surface area contributed by atoms with E-state index in [0.717, 1.165) is 0 Å². The molecule has 2 amide bonds. The van der Waals surface area contributed by atoms with Crippen molar-refractivity contribution in [1.29, 1.82) is 0 Å². The molecule has 0 bridgehead atoms. The van der Waals surface area contributed by atoms with Crippen LogP contribution in [-0.2, 0) is 16.1 Å². The fourth-order valence-electron chi connectivity index (χ4n) is 1.48. The van der Waals surface area contributed by atoms with Crippen LogP contribution in [0.1, 0.15) is 12.0 Å². The van der Waals surface area contributed by atoms with Crippen molar-refractivity contribution in [1.82, 2.24) is 4.90 Å². The molecule has 1 aromatic rings. The Morgan fingerprint density at radius 3 is 2.21 bits per heavy atom. The predicted octanol–water partition coefficient (Wildman–Crippen LogP) is 1.45. The maximum absolute atomic E-state index is 12.4. The van der Waals surface area contributed by atoms with Crippen molar-refractivity contribution < 1.29 is 22.8 Å². The molecule has 0 aliphatic rings. The van der Waals surface area contributed by atoms with Crippen LogP contribution in [0.3, 0.4) is 0 Å². The lowest BCUT2D eigenvalue weighted by molar-refractivity contribution is -0.186. The fraction of sp³-hybridized carbons (Fsp3) is 0.333. The lowest BCUT2D eigenvalue weighted by Gasteiger charge is -2.23. The number of amides is 2. The fourth-order valence-corrected chi connectivity index (χ4v) is 1.48. The Labute approximate surface area is 108 Å². The SMILES string of the molecule is NC(=O)CCN(Cc1ccccc1)C(=O)C(F)(F)F. The van der Waals surface area contributed by atoms with E-state index in [1.54, 1.807) is 30.3 Å². The van der Waals surface area contributed by atoms with E-state index >= 15 is 0 Å². The van der Waals surface area contributed by atoms with E-state index in [0.29, 0.717) is 10.5 Å². The molecule has 0 saturated carbocycles. The minimum atomic E-state index is -4.97. The summed E-state index contributed by atoms with van der Waals surface area (Å²) in [5.74, 6) is -2.73. The van der Waals surface area contributed by atoms with Gasteiger partial charge in [-0.3, -0.25) is 9.59 Å². The van der Waals surface area contributed by atoms with Gasteiger partial charge in [0.25, 0.3) is 0 Å². The van der Waals surface area contributed by atoms with Crippen molar-refractivity contribution in [2.24, 2.45) is 5.73 Å². The summed E-state index contributed by atoms with van der Waals surface area (Å²) in [7, 11) is 0. The molecule has 4 nitrogen and oxygen atoms in total. The number of halogens is 3. The molecule has 0 aliphatic heterocycles. The van der Waals surface area contributed by atoms with Gasteiger partial charge in [-0.25, -0.2) is 0 Å². The largest absolute Gasteiger partial charge is 0.471 e. The summed E-state index contributed by atoms with van der Waals surface area (Å²) in [6.45, 7) is -0.574. The summed E-state index contributed by atoms with van der Waals surface area (Å²) in [6.07, 6.45) is -5.28. The van der Waals surface area contributed by atoms with Gasteiger partial charge in [0.05, 0.1) is 0 Å². The molecule has 1 rings (SSSR count). The Balaban J connectivity index is 2.80. The van der Waals surface area contributed by atoms with Crippen molar-refractivity contribution in [2.75, 3.05) is 6.54 Å². The normalized spacial score (nSPS) is 11.1. The van der Waals surface area contributed by atoms with E-state index in [9.17, 15) is 22.8 Å². The van der Waals surface area contributed by atoms with E-state index in [1.807, 2.05) is 0 Å². The number of carbonyl (C=O) groups excluding carboxylic acids is 2. The number of hydrogen-bond acceptors (Lipinski definition) is 2. The first-order valence-electron chi connectivity index (χ1n) is 5.49. The number of carbonyl (C=O) groups is 2. The third-order valence-corrected chi connectivity index (χ3v) is 2.37. The van der Waals surface area contributed by atoms with Gasteiger partial charge in [0.15, 0.2) is 0 Å². The standard InChI is InChI=1S/C12H13F3N2O2/c13-12(14,15)11(19)17(7-6-10(16)18)8-9-4-2-1-3-5-9/h1-5H,6-8H2,(H2,16,18). The first kappa shape index (κ1) is 15.0. The minimum Gasteiger partial charge on any atom is -0.370 e. The van der Waals surface area contributed by atoms with Crippen LogP contribution in [0.2, 0.25) is 0 Å². The second-order valence-electron chi connectivity index (χ2n) is 3.93. The molecule has 104 valence electrons. The smallest absolute Gasteiger partial charge is 0.370 e. The van der Waals surface area contributed by atoms with E-state index < -0.39 is 18.0 Å². The van der Waals surface area contributed by atoms with Crippen molar-refractivity contribution in [3.63, 3.8) is 0 Å². The van der Waals surface area contributed by atoms with Crippen LogP contribution in [0.25, 0.3) is 0 Å². The van der Waals surface area contributed by atoms with Crippen LogP contribution >= 0.6 is 0 Å². The number of benzene rings is 1. The molecule has 0 heterocycles. The van der Waals surface area contributed by atoms with E-state index in [4.69, 9.17) is 5.73 Å². The number of rotatable bonds is 5. The molecule has 7 heteroatoms. The van der Waals surface area contributed by atoms with Crippen LogP contribution in [0, 0.1) is 0 Å². The van der Waals surface area contributed by atoms with E-state index in [1.165, 1.54) is 0 Å². The predicted molar refractivity (Wildman–Crippen MR) is 61.7 cm³/mol. The summed E-state index contributed by atoms with van der Waals surface area (Å²) in [4.78, 5) is 22.4. The highest BCUT2D eigenvalue weighted by Gasteiger charge is 2.42. The van der Waals surface area contributed by atoms with E-state index in [-0.39, 0.29) is 19.5 Å². The molecule has 0 aromatic heterocycles. The van der Waals surface area contributed by atoms with Gasteiger partial charge in [-0.1, -0.05) is 30.3 Å².